The zero-order valence-electron chi connectivity index (χ0n) is 10.1. The Kier molecular flexibility index (Phi) is 4.98. The first-order valence-corrected chi connectivity index (χ1v) is 5.58. The van der Waals surface area contributed by atoms with Crippen molar-refractivity contribution in [2.45, 2.75) is 26.7 Å². The molecule has 0 fully saturated rings. The average molecular weight is 225 g/mol. The Hall–Kier alpha value is -1.36. The third kappa shape index (κ3) is 3.06. The zero-order chi connectivity index (χ0) is 12.0. The van der Waals surface area contributed by atoms with Crippen LogP contribution in [0.1, 0.15) is 35.2 Å². The van der Waals surface area contributed by atoms with Gasteiger partial charge in [-0.25, -0.2) is 0 Å². The van der Waals surface area contributed by atoms with Gasteiger partial charge in [0, 0.05) is 18.5 Å². The number of nitrogens with one attached hydrogen (secondary N) is 2. The predicted octanol–water partition coefficient (Wildman–Crippen LogP) is 0.885. The van der Waals surface area contributed by atoms with Crippen molar-refractivity contribution in [2.75, 3.05) is 20.1 Å². The summed E-state index contributed by atoms with van der Waals surface area (Å²) in [6.07, 6.45) is 1.66. The summed E-state index contributed by atoms with van der Waals surface area (Å²) in [5.41, 5.74) is 1.25. The lowest BCUT2D eigenvalue weighted by Crippen LogP contribution is -2.27. The van der Waals surface area contributed by atoms with Crippen molar-refractivity contribution in [2.24, 2.45) is 0 Å². The number of hydrogen-bond donors (Lipinski definition) is 2. The van der Waals surface area contributed by atoms with Crippen LogP contribution in [-0.4, -0.2) is 31.2 Å². The van der Waals surface area contributed by atoms with Gasteiger partial charge in [-0.15, -0.1) is 0 Å². The average Bonchev–Trinajstić information content (AvgIpc) is 2.65. The van der Waals surface area contributed by atoms with Crippen LogP contribution in [0.3, 0.4) is 0 Å². The lowest BCUT2D eigenvalue weighted by Gasteiger charge is -2.02. The lowest BCUT2D eigenvalue weighted by atomic mass is 10.2. The molecule has 0 unspecified atom stereocenters. The molecule has 1 rings (SSSR count). The minimum absolute atomic E-state index is 0.156. The largest absolute Gasteiger partial charge is 0.360 e. The van der Waals surface area contributed by atoms with Crippen molar-refractivity contribution < 1.29 is 9.32 Å². The highest BCUT2D eigenvalue weighted by molar-refractivity contribution is 5.93. The fourth-order valence-electron chi connectivity index (χ4n) is 1.46. The maximum Gasteiger partial charge on any atom is 0.273 e. The molecule has 1 aromatic rings. The highest BCUT2D eigenvalue weighted by Crippen LogP contribution is 2.12. The molecule has 0 aromatic carbocycles. The molecular formula is C11H19N3O2. The first kappa shape index (κ1) is 12.7. The molecule has 5 nitrogen and oxygen atoms in total. The van der Waals surface area contributed by atoms with E-state index in [0.717, 1.165) is 30.7 Å². The maximum atomic E-state index is 11.7. The van der Waals surface area contributed by atoms with Gasteiger partial charge in [-0.2, -0.15) is 0 Å². The molecule has 1 aromatic heterocycles. The highest BCUT2D eigenvalue weighted by atomic mass is 16.5. The Bertz CT molecular complexity index is 347. The molecule has 0 atom stereocenters. The zero-order valence-corrected chi connectivity index (χ0v) is 10.1. The highest BCUT2D eigenvalue weighted by Gasteiger charge is 2.16. The summed E-state index contributed by atoms with van der Waals surface area (Å²) < 4.78 is 5.07. The third-order valence-electron chi connectivity index (χ3n) is 2.45. The number of aromatic nitrogens is 1. The number of aryl methyl sites for hydroxylation is 1. The summed E-state index contributed by atoms with van der Waals surface area (Å²) in [6, 6.07) is 0. The predicted molar refractivity (Wildman–Crippen MR) is 61.5 cm³/mol. The summed E-state index contributed by atoms with van der Waals surface area (Å²) in [5.74, 6) is 0.623. The first-order chi connectivity index (χ1) is 7.70. The van der Waals surface area contributed by atoms with E-state index in [1.165, 1.54) is 0 Å². The van der Waals surface area contributed by atoms with Gasteiger partial charge >= 0.3 is 0 Å². The molecule has 0 radical (unpaired) electrons. The van der Waals surface area contributed by atoms with Crippen LogP contribution >= 0.6 is 0 Å². The van der Waals surface area contributed by atoms with Gasteiger partial charge in [-0.05, 0) is 26.9 Å². The van der Waals surface area contributed by atoms with E-state index in [1.807, 2.05) is 20.9 Å². The van der Waals surface area contributed by atoms with Crippen molar-refractivity contribution in [1.82, 2.24) is 15.8 Å². The molecular weight excluding hydrogens is 206 g/mol. The van der Waals surface area contributed by atoms with E-state index >= 15 is 0 Å². The van der Waals surface area contributed by atoms with E-state index in [4.69, 9.17) is 4.52 Å². The standard InChI is InChI=1S/C11H19N3O2/c1-4-9-8(2)10(14-16-9)11(15)13-7-5-6-12-3/h12H,4-7H2,1-3H3,(H,13,15). The van der Waals surface area contributed by atoms with Gasteiger partial charge in [0.15, 0.2) is 5.69 Å². The molecule has 2 N–H and O–H groups in total. The van der Waals surface area contributed by atoms with Gasteiger partial charge < -0.3 is 15.2 Å². The molecule has 90 valence electrons. The Morgan fingerprint density at radius 2 is 2.19 bits per heavy atom. The van der Waals surface area contributed by atoms with Crippen LogP contribution in [0.2, 0.25) is 0 Å². The molecule has 16 heavy (non-hydrogen) atoms. The van der Waals surface area contributed by atoms with E-state index < -0.39 is 0 Å². The van der Waals surface area contributed by atoms with Crippen LogP contribution in [0.5, 0.6) is 0 Å². The van der Waals surface area contributed by atoms with Crippen molar-refractivity contribution in [3.8, 4) is 0 Å². The van der Waals surface area contributed by atoms with Crippen LogP contribution in [0, 0.1) is 6.92 Å². The fourth-order valence-corrected chi connectivity index (χ4v) is 1.46. The molecule has 0 aliphatic heterocycles. The molecule has 0 aliphatic carbocycles. The van der Waals surface area contributed by atoms with E-state index in [9.17, 15) is 4.79 Å². The van der Waals surface area contributed by atoms with E-state index in [2.05, 4.69) is 15.8 Å². The molecule has 0 bridgehead atoms. The second-order valence-corrected chi connectivity index (χ2v) is 3.65. The molecule has 0 aliphatic rings. The normalized spacial score (nSPS) is 10.4. The Morgan fingerprint density at radius 1 is 1.44 bits per heavy atom. The Balaban J connectivity index is 2.49. The monoisotopic (exact) mass is 225 g/mol. The van der Waals surface area contributed by atoms with Crippen LogP contribution in [-0.2, 0) is 6.42 Å². The minimum Gasteiger partial charge on any atom is -0.360 e. The van der Waals surface area contributed by atoms with Crippen LogP contribution < -0.4 is 10.6 Å². The van der Waals surface area contributed by atoms with Crippen molar-refractivity contribution >= 4 is 5.91 Å². The summed E-state index contributed by atoms with van der Waals surface area (Å²) in [5, 5.41) is 9.61. The minimum atomic E-state index is -0.156. The fraction of sp³-hybridized carbons (Fsp3) is 0.636. The van der Waals surface area contributed by atoms with Crippen molar-refractivity contribution in [3.05, 3.63) is 17.0 Å². The Labute approximate surface area is 95.6 Å². The number of nitrogens with zero attached hydrogens (tertiary/aromatic N) is 1. The van der Waals surface area contributed by atoms with Crippen molar-refractivity contribution in [3.63, 3.8) is 0 Å². The SMILES string of the molecule is CCc1onc(C(=O)NCCCNC)c1C. The van der Waals surface area contributed by atoms with Gasteiger partial charge in [0.05, 0.1) is 0 Å². The smallest absolute Gasteiger partial charge is 0.273 e. The summed E-state index contributed by atoms with van der Waals surface area (Å²) in [4.78, 5) is 11.7. The van der Waals surface area contributed by atoms with E-state index in [1.54, 1.807) is 0 Å². The van der Waals surface area contributed by atoms with Crippen LogP contribution in [0.15, 0.2) is 4.52 Å². The number of carbonyl (C=O) groups is 1. The molecule has 5 heteroatoms. The van der Waals surface area contributed by atoms with Gasteiger partial charge in [0.2, 0.25) is 0 Å². The number of rotatable bonds is 6. The summed E-state index contributed by atoms with van der Waals surface area (Å²) in [6.45, 7) is 5.37. The van der Waals surface area contributed by atoms with E-state index in [0.29, 0.717) is 12.2 Å². The third-order valence-corrected chi connectivity index (χ3v) is 2.45. The second kappa shape index (κ2) is 6.27. The van der Waals surface area contributed by atoms with Gasteiger partial charge in [0.25, 0.3) is 5.91 Å². The number of carbonyl (C=O) groups excluding carboxylic acids is 1. The van der Waals surface area contributed by atoms with Gasteiger partial charge in [0.1, 0.15) is 5.76 Å². The van der Waals surface area contributed by atoms with Gasteiger partial charge in [-0.1, -0.05) is 12.1 Å². The molecule has 0 spiro atoms. The van der Waals surface area contributed by atoms with Crippen LogP contribution in [0.25, 0.3) is 0 Å². The van der Waals surface area contributed by atoms with E-state index in [-0.39, 0.29) is 5.91 Å². The second-order valence-electron chi connectivity index (χ2n) is 3.65. The Morgan fingerprint density at radius 3 is 2.75 bits per heavy atom. The maximum absolute atomic E-state index is 11.7. The summed E-state index contributed by atoms with van der Waals surface area (Å²) >= 11 is 0. The first-order valence-electron chi connectivity index (χ1n) is 5.58. The summed E-state index contributed by atoms with van der Waals surface area (Å²) in [7, 11) is 1.89. The molecule has 1 amide bonds. The molecule has 1 heterocycles. The van der Waals surface area contributed by atoms with Gasteiger partial charge in [-0.3, -0.25) is 4.79 Å². The number of hydrogen-bond acceptors (Lipinski definition) is 4. The lowest BCUT2D eigenvalue weighted by molar-refractivity contribution is 0.0943. The van der Waals surface area contributed by atoms with Crippen LogP contribution in [0.4, 0.5) is 0 Å². The van der Waals surface area contributed by atoms with Crippen molar-refractivity contribution in [1.29, 1.82) is 0 Å². The quantitative estimate of drug-likeness (QED) is 0.705. The molecule has 0 saturated carbocycles. The molecule has 0 saturated heterocycles. The topological polar surface area (TPSA) is 67.2 Å². The number of amides is 1.